The number of benzene rings is 1. The van der Waals surface area contributed by atoms with Gasteiger partial charge in [-0.05, 0) is 24.6 Å². The van der Waals surface area contributed by atoms with E-state index in [4.69, 9.17) is 5.73 Å². The molecule has 1 amide bonds. The molecule has 3 N–H and O–H groups in total. The minimum atomic E-state index is -0.313. The highest BCUT2D eigenvalue weighted by Gasteiger charge is 2.09. The Morgan fingerprint density at radius 3 is 2.53 bits per heavy atom. The maximum atomic E-state index is 11.8. The number of para-hydroxylation sites is 1. The summed E-state index contributed by atoms with van der Waals surface area (Å²) in [6.07, 6.45) is 3.27. The minimum absolute atomic E-state index is 0.267. The van der Waals surface area contributed by atoms with Gasteiger partial charge < -0.3 is 5.73 Å². The molecule has 0 spiro atoms. The van der Waals surface area contributed by atoms with Gasteiger partial charge >= 0.3 is 0 Å². The van der Waals surface area contributed by atoms with Crippen molar-refractivity contribution in [3.8, 4) is 0 Å². The van der Waals surface area contributed by atoms with Crippen molar-refractivity contribution in [1.29, 1.82) is 0 Å². The van der Waals surface area contributed by atoms with E-state index in [1.165, 1.54) is 0 Å². The Bertz CT molecular complexity index is 536. The van der Waals surface area contributed by atoms with Crippen molar-refractivity contribution in [2.75, 3.05) is 11.1 Å². The minimum Gasteiger partial charge on any atom is -0.398 e. The van der Waals surface area contributed by atoms with Crippen LogP contribution in [0.3, 0.4) is 0 Å². The van der Waals surface area contributed by atoms with Crippen LogP contribution in [-0.4, -0.2) is 15.9 Å². The van der Waals surface area contributed by atoms with Crippen LogP contribution in [-0.2, 0) is 0 Å². The zero-order valence-electron chi connectivity index (χ0n) is 9.34. The van der Waals surface area contributed by atoms with Gasteiger partial charge in [-0.15, -0.1) is 0 Å². The van der Waals surface area contributed by atoms with E-state index < -0.39 is 0 Å². The second-order valence-electron chi connectivity index (χ2n) is 3.63. The number of nitrogens with zero attached hydrogens (tertiary/aromatic N) is 2. The molecule has 2 rings (SSSR count). The van der Waals surface area contributed by atoms with Crippen LogP contribution in [0.15, 0.2) is 36.7 Å². The SMILES string of the molecule is Cc1cnc(NC(=O)c2ccccc2N)nc1. The Morgan fingerprint density at radius 2 is 1.88 bits per heavy atom. The molecule has 5 nitrogen and oxygen atoms in total. The molecule has 1 heterocycles. The molecule has 0 radical (unpaired) electrons. The van der Waals surface area contributed by atoms with Crippen LogP contribution < -0.4 is 11.1 Å². The zero-order valence-corrected chi connectivity index (χ0v) is 9.34. The maximum absolute atomic E-state index is 11.8. The molecule has 5 heteroatoms. The molecule has 0 unspecified atom stereocenters. The molecule has 86 valence electrons. The summed E-state index contributed by atoms with van der Waals surface area (Å²) in [7, 11) is 0. The summed E-state index contributed by atoms with van der Waals surface area (Å²) in [4.78, 5) is 19.8. The maximum Gasteiger partial charge on any atom is 0.260 e. The van der Waals surface area contributed by atoms with Crippen LogP contribution in [0.25, 0.3) is 0 Å². The van der Waals surface area contributed by atoms with Crippen LogP contribution in [0.5, 0.6) is 0 Å². The van der Waals surface area contributed by atoms with Crippen molar-refractivity contribution in [1.82, 2.24) is 9.97 Å². The Morgan fingerprint density at radius 1 is 1.24 bits per heavy atom. The molecular weight excluding hydrogens is 216 g/mol. The summed E-state index contributed by atoms with van der Waals surface area (Å²) in [5, 5.41) is 2.59. The molecular formula is C12H12N4O. The quantitative estimate of drug-likeness (QED) is 0.765. The highest BCUT2D eigenvalue weighted by Crippen LogP contribution is 2.12. The molecule has 0 aliphatic carbocycles. The van der Waals surface area contributed by atoms with E-state index in [9.17, 15) is 4.79 Å². The van der Waals surface area contributed by atoms with Crippen LogP contribution >= 0.6 is 0 Å². The zero-order chi connectivity index (χ0) is 12.3. The number of rotatable bonds is 2. The summed E-state index contributed by atoms with van der Waals surface area (Å²) in [6.45, 7) is 1.88. The lowest BCUT2D eigenvalue weighted by atomic mass is 10.2. The standard InChI is InChI=1S/C12H12N4O/c1-8-6-14-12(15-7-8)16-11(17)9-4-2-3-5-10(9)13/h2-7H,13H2,1H3,(H,14,15,16,17). The van der Waals surface area contributed by atoms with Gasteiger partial charge in [0.1, 0.15) is 0 Å². The first-order valence-electron chi connectivity index (χ1n) is 5.11. The van der Waals surface area contributed by atoms with Crippen LogP contribution in [0, 0.1) is 6.92 Å². The number of amides is 1. The van der Waals surface area contributed by atoms with E-state index in [0.717, 1.165) is 5.56 Å². The van der Waals surface area contributed by atoms with E-state index in [-0.39, 0.29) is 11.9 Å². The Hall–Kier alpha value is -2.43. The van der Waals surface area contributed by atoms with Crippen molar-refractivity contribution in [2.24, 2.45) is 0 Å². The topological polar surface area (TPSA) is 80.9 Å². The van der Waals surface area contributed by atoms with Gasteiger partial charge in [-0.1, -0.05) is 12.1 Å². The van der Waals surface area contributed by atoms with Crippen molar-refractivity contribution >= 4 is 17.5 Å². The molecule has 0 bridgehead atoms. The van der Waals surface area contributed by atoms with E-state index in [0.29, 0.717) is 11.3 Å². The Labute approximate surface area is 98.7 Å². The largest absolute Gasteiger partial charge is 0.398 e. The number of nitrogens with one attached hydrogen (secondary N) is 1. The first-order valence-corrected chi connectivity index (χ1v) is 5.11. The molecule has 1 aromatic carbocycles. The second kappa shape index (κ2) is 4.61. The van der Waals surface area contributed by atoms with Gasteiger partial charge in [0.25, 0.3) is 5.91 Å². The monoisotopic (exact) mass is 228 g/mol. The lowest BCUT2D eigenvalue weighted by molar-refractivity contribution is 0.102. The predicted molar refractivity (Wildman–Crippen MR) is 65.6 cm³/mol. The van der Waals surface area contributed by atoms with Crippen molar-refractivity contribution in [2.45, 2.75) is 6.92 Å². The summed E-state index contributed by atoms with van der Waals surface area (Å²) >= 11 is 0. The number of hydrogen-bond donors (Lipinski definition) is 2. The number of hydrogen-bond acceptors (Lipinski definition) is 4. The molecule has 0 aliphatic rings. The smallest absolute Gasteiger partial charge is 0.260 e. The number of carbonyl (C=O) groups excluding carboxylic acids is 1. The van der Waals surface area contributed by atoms with Crippen LogP contribution in [0.1, 0.15) is 15.9 Å². The molecule has 17 heavy (non-hydrogen) atoms. The number of carbonyl (C=O) groups is 1. The highest BCUT2D eigenvalue weighted by molar-refractivity contribution is 6.06. The molecule has 0 fully saturated rings. The van der Waals surface area contributed by atoms with E-state index in [1.54, 1.807) is 36.7 Å². The number of aromatic nitrogens is 2. The van der Waals surface area contributed by atoms with Gasteiger partial charge in [-0.25, -0.2) is 9.97 Å². The molecule has 0 atom stereocenters. The Balaban J connectivity index is 2.17. The summed E-state index contributed by atoms with van der Waals surface area (Å²) < 4.78 is 0. The fourth-order valence-electron chi connectivity index (χ4n) is 1.33. The molecule has 1 aromatic heterocycles. The molecule has 2 aromatic rings. The first-order chi connectivity index (χ1) is 8.16. The molecule has 0 aliphatic heterocycles. The van der Waals surface area contributed by atoms with Gasteiger partial charge in [-0.2, -0.15) is 0 Å². The fraction of sp³-hybridized carbons (Fsp3) is 0.0833. The van der Waals surface area contributed by atoms with Gasteiger partial charge in [-0.3, -0.25) is 10.1 Å². The van der Waals surface area contributed by atoms with Gasteiger partial charge in [0, 0.05) is 18.1 Å². The second-order valence-corrected chi connectivity index (χ2v) is 3.63. The number of anilines is 2. The van der Waals surface area contributed by atoms with Gasteiger partial charge in [0.05, 0.1) is 5.56 Å². The number of nitrogen functional groups attached to an aromatic ring is 1. The Kier molecular flexibility index (Phi) is 3.00. The highest BCUT2D eigenvalue weighted by atomic mass is 16.1. The van der Waals surface area contributed by atoms with Crippen LogP contribution in [0.2, 0.25) is 0 Å². The molecule has 0 saturated heterocycles. The lowest BCUT2D eigenvalue weighted by Crippen LogP contribution is -2.15. The van der Waals surface area contributed by atoms with Gasteiger partial charge in [0.2, 0.25) is 5.95 Å². The third-order valence-corrected chi connectivity index (χ3v) is 2.21. The van der Waals surface area contributed by atoms with E-state index >= 15 is 0 Å². The third-order valence-electron chi connectivity index (χ3n) is 2.21. The van der Waals surface area contributed by atoms with Crippen molar-refractivity contribution in [3.63, 3.8) is 0 Å². The van der Waals surface area contributed by atoms with Gasteiger partial charge in [0.15, 0.2) is 0 Å². The fourth-order valence-corrected chi connectivity index (χ4v) is 1.33. The van der Waals surface area contributed by atoms with E-state index in [2.05, 4.69) is 15.3 Å². The number of aryl methyl sites for hydroxylation is 1. The normalized spacial score (nSPS) is 9.94. The third kappa shape index (κ3) is 2.57. The summed E-state index contributed by atoms with van der Waals surface area (Å²) in [5.74, 6) is -0.0455. The molecule has 0 saturated carbocycles. The van der Waals surface area contributed by atoms with E-state index in [1.807, 2.05) is 6.92 Å². The summed E-state index contributed by atoms with van der Waals surface area (Å²) in [5.41, 5.74) is 7.47. The van der Waals surface area contributed by atoms with Crippen LogP contribution in [0.4, 0.5) is 11.6 Å². The van der Waals surface area contributed by atoms with Crippen molar-refractivity contribution in [3.05, 3.63) is 47.8 Å². The lowest BCUT2D eigenvalue weighted by Gasteiger charge is -2.05. The first kappa shape index (κ1) is 11.1. The summed E-state index contributed by atoms with van der Waals surface area (Å²) in [6, 6.07) is 6.85. The average Bonchev–Trinajstić information content (AvgIpc) is 2.32. The van der Waals surface area contributed by atoms with Crippen molar-refractivity contribution < 1.29 is 4.79 Å². The predicted octanol–water partition coefficient (Wildman–Crippen LogP) is 1.62. The number of nitrogens with two attached hydrogens (primary N) is 1. The average molecular weight is 228 g/mol.